The van der Waals surface area contributed by atoms with Crippen LogP contribution in [0.5, 0.6) is 0 Å². The van der Waals surface area contributed by atoms with E-state index < -0.39 is 0 Å². The topological polar surface area (TPSA) is 59.0 Å². The lowest BCUT2D eigenvalue weighted by Crippen LogP contribution is -2.82. The maximum absolute atomic E-state index is 13.1. The first kappa shape index (κ1) is 13.6. The van der Waals surface area contributed by atoms with Gasteiger partial charge in [0.15, 0.2) is 0 Å². The van der Waals surface area contributed by atoms with Gasteiger partial charge in [-0.2, -0.15) is 0 Å². The van der Waals surface area contributed by atoms with Crippen LogP contribution in [0.3, 0.4) is 0 Å². The number of fused-ring (bicyclic) bond motifs is 1. The van der Waals surface area contributed by atoms with E-state index >= 15 is 0 Å². The molecular weight excluding hydrogens is 304 g/mol. The Bertz CT molecular complexity index is 771. The summed E-state index contributed by atoms with van der Waals surface area (Å²) >= 11 is 0. The first-order valence-electron chi connectivity index (χ1n) is 9.18. The maximum atomic E-state index is 13.1. The highest BCUT2D eigenvalue weighted by Gasteiger charge is 2.90. The van der Waals surface area contributed by atoms with E-state index in [1.807, 2.05) is 6.21 Å². The van der Waals surface area contributed by atoms with Crippen molar-refractivity contribution in [1.82, 2.24) is 4.90 Å². The van der Waals surface area contributed by atoms with Gasteiger partial charge in [-0.1, -0.05) is 0 Å². The fraction of sp³-hybridized carbons (Fsp3) is 0.737. The van der Waals surface area contributed by atoms with Gasteiger partial charge in [-0.25, -0.2) is 0 Å². The fourth-order valence-corrected chi connectivity index (χ4v) is 8.01. The monoisotopic (exact) mass is 326 g/mol. The number of nitrogens with zero attached hydrogens (tertiary/aromatic N) is 2. The summed E-state index contributed by atoms with van der Waals surface area (Å²) in [5.74, 6) is 1.38. The van der Waals surface area contributed by atoms with Gasteiger partial charge in [0.25, 0.3) is 5.91 Å². The quantitative estimate of drug-likeness (QED) is 0.726. The molecule has 0 aromatic rings. The van der Waals surface area contributed by atoms with E-state index in [1.54, 1.807) is 0 Å². The molecule has 4 aliphatic carbocycles. The molecule has 0 radical (unpaired) electrons. The van der Waals surface area contributed by atoms with Gasteiger partial charge >= 0.3 is 5.97 Å². The van der Waals surface area contributed by atoms with E-state index in [0.29, 0.717) is 18.4 Å². The lowest BCUT2D eigenvalue weighted by molar-refractivity contribution is -0.292. The molecule has 6 rings (SSSR count). The molecule has 1 amide bonds. The van der Waals surface area contributed by atoms with Gasteiger partial charge in [0, 0.05) is 30.2 Å². The lowest BCUT2D eigenvalue weighted by atomic mass is 9.28. The van der Waals surface area contributed by atoms with E-state index in [-0.39, 0.29) is 28.2 Å². The van der Waals surface area contributed by atoms with Crippen molar-refractivity contribution in [1.29, 1.82) is 0 Å². The second kappa shape index (κ2) is 3.78. The molecule has 0 aromatic carbocycles. The summed E-state index contributed by atoms with van der Waals surface area (Å²) in [5.41, 5.74) is 1.82. The minimum atomic E-state index is -0.298. The van der Waals surface area contributed by atoms with Crippen LogP contribution in [-0.4, -0.2) is 48.7 Å². The van der Waals surface area contributed by atoms with E-state index in [0.717, 1.165) is 50.6 Å². The van der Waals surface area contributed by atoms with Crippen molar-refractivity contribution in [3.05, 3.63) is 11.1 Å². The van der Waals surface area contributed by atoms with Crippen molar-refractivity contribution in [3.63, 3.8) is 0 Å². The van der Waals surface area contributed by atoms with Crippen molar-refractivity contribution in [2.75, 3.05) is 20.2 Å². The molecule has 0 N–H and O–H groups in total. The smallest absolute Gasteiger partial charge is 0.312 e. The van der Waals surface area contributed by atoms with E-state index in [2.05, 4.69) is 9.89 Å². The van der Waals surface area contributed by atoms with Crippen LogP contribution in [0.1, 0.15) is 38.5 Å². The van der Waals surface area contributed by atoms with Crippen LogP contribution in [0.4, 0.5) is 0 Å². The number of dihydropyridines is 1. The van der Waals surface area contributed by atoms with E-state index in [4.69, 9.17) is 4.74 Å². The molecule has 2 bridgehead atoms. The standard InChI is InChI=1S/C19H22N2O3/c1-24-16(23)17-4-11-5-18(8-13(7-17)19(17,18)6-11)21-10-12-2-3-20-9-14(12)15(21)22/h3,11,13H,2,4-10H2,1H3. The Kier molecular flexibility index (Phi) is 2.15. The van der Waals surface area contributed by atoms with Crippen LogP contribution < -0.4 is 0 Å². The summed E-state index contributed by atoms with van der Waals surface area (Å²) in [6, 6.07) is 0. The Morgan fingerprint density at radius 2 is 2.17 bits per heavy atom. The third-order valence-electron chi connectivity index (χ3n) is 8.52. The number of esters is 1. The molecule has 24 heavy (non-hydrogen) atoms. The Balaban J connectivity index is 1.42. The zero-order valence-corrected chi connectivity index (χ0v) is 14.0. The minimum absolute atomic E-state index is 0.0160. The predicted octanol–water partition coefficient (Wildman–Crippen LogP) is 1.72. The van der Waals surface area contributed by atoms with Gasteiger partial charge in [-0.05, 0) is 49.5 Å². The molecule has 126 valence electrons. The van der Waals surface area contributed by atoms with Gasteiger partial charge in [-0.3, -0.25) is 14.6 Å². The summed E-state index contributed by atoms with van der Waals surface area (Å²) in [6.07, 6.45) is 8.03. The van der Waals surface area contributed by atoms with Gasteiger partial charge < -0.3 is 9.64 Å². The molecule has 0 aromatic heterocycles. The predicted molar refractivity (Wildman–Crippen MR) is 86.4 cm³/mol. The van der Waals surface area contributed by atoms with Crippen molar-refractivity contribution in [2.45, 2.75) is 44.1 Å². The zero-order valence-electron chi connectivity index (χ0n) is 14.0. The molecule has 1 spiro atoms. The van der Waals surface area contributed by atoms with Crippen LogP contribution in [-0.2, 0) is 14.3 Å². The van der Waals surface area contributed by atoms with E-state index in [9.17, 15) is 9.59 Å². The van der Waals surface area contributed by atoms with Gasteiger partial charge in [0.05, 0.1) is 24.6 Å². The van der Waals surface area contributed by atoms with Crippen molar-refractivity contribution < 1.29 is 14.3 Å². The third kappa shape index (κ3) is 1.07. The Morgan fingerprint density at radius 3 is 2.92 bits per heavy atom. The number of amides is 1. The average Bonchev–Trinajstić information content (AvgIpc) is 3.17. The average molecular weight is 326 g/mol. The van der Waals surface area contributed by atoms with Crippen LogP contribution in [0, 0.1) is 22.7 Å². The van der Waals surface area contributed by atoms with Crippen LogP contribution >= 0.6 is 0 Å². The molecule has 5 heteroatoms. The van der Waals surface area contributed by atoms with Crippen molar-refractivity contribution in [2.24, 2.45) is 27.7 Å². The first-order chi connectivity index (χ1) is 11.6. The number of ether oxygens (including phenoxy) is 1. The summed E-state index contributed by atoms with van der Waals surface area (Å²) in [6.45, 7) is 1.31. The summed E-state index contributed by atoms with van der Waals surface area (Å²) in [5, 5.41) is 0. The summed E-state index contributed by atoms with van der Waals surface area (Å²) < 4.78 is 5.23. The Labute approximate surface area is 141 Å². The number of aliphatic imine (C=N–C) groups is 1. The highest BCUT2D eigenvalue weighted by molar-refractivity contribution is 6.00. The summed E-state index contributed by atoms with van der Waals surface area (Å²) in [4.78, 5) is 32.3. The molecule has 6 aliphatic rings. The molecule has 4 saturated carbocycles. The number of carbonyl (C=O) groups excluding carboxylic acids is 2. The summed E-state index contributed by atoms with van der Waals surface area (Å²) in [7, 11) is 1.52. The van der Waals surface area contributed by atoms with Crippen LogP contribution in [0.25, 0.3) is 0 Å². The largest absolute Gasteiger partial charge is 0.469 e. The van der Waals surface area contributed by atoms with Crippen molar-refractivity contribution in [3.8, 4) is 0 Å². The zero-order chi connectivity index (χ0) is 16.3. The number of hydrogen-bond donors (Lipinski definition) is 0. The second-order valence-corrected chi connectivity index (χ2v) is 8.86. The van der Waals surface area contributed by atoms with Gasteiger partial charge in [0.1, 0.15) is 0 Å². The number of hydrogen-bond acceptors (Lipinski definition) is 4. The van der Waals surface area contributed by atoms with E-state index in [1.165, 1.54) is 12.7 Å². The van der Waals surface area contributed by atoms with Crippen LogP contribution in [0.15, 0.2) is 16.1 Å². The minimum Gasteiger partial charge on any atom is -0.469 e. The van der Waals surface area contributed by atoms with Gasteiger partial charge in [0.2, 0.25) is 0 Å². The van der Waals surface area contributed by atoms with Gasteiger partial charge in [-0.15, -0.1) is 0 Å². The number of carbonyl (C=O) groups is 2. The maximum Gasteiger partial charge on any atom is 0.312 e. The highest BCUT2D eigenvalue weighted by Crippen LogP contribution is 2.89. The molecule has 2 aliphatic heterocycles. The molecule has 5 atom stereocenters. The Hall–Kier alpha value is -1.65. The molecule has 5 nitrogen and oxygen atoms in total. The SMILES string of the molecule is COC(=O)C12CC3CC4(N5CC6=C(CN=CC6)C5=O)CC(C1)C24C3. The number of rotatable bonds is 2. The van der Waals surface area contributed by atoms with Crippen LogP contribution in [0.2, 0.25) is 0 Å². The lowest BCUT2D eigenvalue weighted by Gasteiger charge is -2.78. The molecule has 5 unspecified atom stereocenters. The highest BCUT2D eigenvalue weighted by atomic mass is 16.5. The number of methoxy groups -OCH3 is 1. The third-order valence-corrected chi connectivity index (χ3v) is 8.52. The fourth-order valence-electron chi connectivity index (χ4n) is 8.01. The second-order valence-electron chi connectivity index (χ2n) is 8.86. The molecule has 4 fully saturated rings. The Morgan fingerprint density at radius 1 is 1.29 bits per heavy atom. The van der Waals surface area contributed by atoms with Crippen molar-refractivity contribution >= 4 is 18.1 Å². The molecular formula is C19H22N2O3. The molecule has 2 heterocycles. The first-order valence-corrected chi connectivity index (χ1v) is 9.18. The normalized spacial score (nSPS) is 49.7. The molecule has 0 saturated heterocycles.